The van der Waals surface area contributed by atoms with Gasteiger partial charge in [0.1, 0.15) is 0 Å². The van der Waals surface area contributed by atoms with Gasteiger partial charge in [0.25, 0.3) is 0 Å². The molecule has 0 heterocycles. The van der Waals surface area contributed by atoms with E-state index in [1.165, 1.54) is 0 Å². The van der Waals surface area contributed by atoms with E-state index in [9.17, 15) is 8.42 Å². The van der Waals surface area contributed by atoms with Crippen molar-refractivity contribution in [3.8, 4) is 0 Å². The third-order valence-electron chi connectivity index (χ3n) is 0.872. The van der Waals surface area contributed by atoms with Crippen molar-refractivity contribution in [1.82, 2.24) is 0 Å². The summed E-state index contributed by atoms with van der Waals surface area (Å²) in [5, 5.41) is 7.58. The number of unbranched alkanes of at least 4 members (excludes halogenated alkanes) is 1. The molecule has 0 saturated carbocycles. The third-order valence-corrected chi connectivity index (χ3v) is 1.57. The molecule has 0 aromatic rings. The van der Waals surface area contributed by atoms with E-state index in [2.05, 4.69) is 0 Å². The smallest absolute Gasteiger partial charge is 0.327 e. The van der Waals surface area contributed by atoms with Gasteiger partial charge >= 0.3 is 10.1 Å². The van der Waals surface area contributed by atoms with Crippen LogP contribution in [0.3, 0.4) is 0 Å². The molecule has 0 aromatic heterocycles. The van der Waals surface area contributed by atoms with Crippen molar-refractivity contribution < 1.29 is 18.1 Å². The fraction of sp³-hybridized carbons (Fsp3) is 0.600. The zero-order chi connectivity index (χ0) is 8.20. The summed E-state index contributed by atoms with van der Waals surface area (Å²) in [5.41, 5.74) is 0. The summed E-state index contributed by atoms with van der Waals surface area (Å²) in [4.78, 5) is 0. The summed E-state index contributed by atoms with van der Waals surface area (Å²) in [6, 6.07) is 0. The lowest BCUT2D eigenvalue weighted by atomic mass is 10.3. The highest BCUT2D eigenvalue weighted by Gasteiger charge is 2.09. The molecule has 0 saturated heterocycles. The highest BCUT2D eigenvalue weighted by molar-refractivity contribution is 7.89. The number of hydrogen-bond acceptors (Lipinski definition) is 3. The monoisotopic (exact) mass is 166 g/mol. The molecule has 0 radical (unpaired) electrons. The minimum Gasteiger partial charge on any atom is -0.497 e. The third kappa shape index (κ3) is 3.47. The molecule has 0 bridgehead atoms. The van der Waals surface area contributed by atoms with E-state index in [4.69, 9.17) is 9.66 Å². The van der Waals surface area contributed by atoms with Gasteiger partial charge in [-0.3, -0.25) is 4.55 Å². The molecule has 10 heavy (non-hydrogen) atoms. The standard InChI is InChI=1S/C5H10O4S/c1-2-3-4-5(6)10(7,8)9/h4,6H,2-3H2,1H3,(H,7,8,9)/b5-4-. The minimum absolute atomic E-state index is 0.436. The number of aliphatic hydroxyl groups excluding tert-OH is 1. The van der Waals surface area contributed by atoms with Crippen LogP contribution in [0.2, 0.25) is 0 Å². The molecule has 0 unspecified atom stereocenters. The van der Waals surface area contributed by atoms with Crippen LogP contribution in [0.4, 0.5) is 0 Å². The maximum absolute atomic E-state index is 10.1. The maximum atomic E-state index is 10.1. The first-order chi connectivity index (χ1) is 4.48. The molecule has 60 valence electrons. The zero-order valence-corrected chi connectivity index (χ0v) is 6.43. The van der Waals surface area contributed by atoms with E-state index in [1.807, 2.05) is 6.92 Å². The molecule has 0 aliphatic heterocycles. The first kappa shape index (κ1) is 9.45. The summed E-state index contributed by atoms with van der Waals surface area (Å²) in [6.07, 6.45) is 2.22. The van der Waals surface area contributed by atoms with E-state index in [0.29, 0.717) is 6.42 Å². The zero-order valence-electron chi connectivity index (χ0n) is 5.61. The van der Waals surface area contributed by atoms with Gasteiger partial charge in [-0.25, -0.2) is 0 Å². The van der Waals surface area contributed by atoms with Crippen LogP contribution in [0.1, 0.15) is 19.8 Å². The minimum atomic E-state index is -4.36. The van der Waals surface area contributed by atoms with Crippen LogP contribution in [-0.4, -0.2) is 18.1 Å². The predicted octanol–water partition coefficient (Wildman–Crippen LogP) is 1.07. The largest absolute Gasteiger partial charge is 0.497 e. The summed E-state index contributed by atoms with van der Waals surface area (Å²) >= 11 is 0. The van der Waals surface area contributed by atoms with Gasteiger partial charge in [-0.15, -0.1) is 0 Å². The van der Waals surface area contributed by atoms with Crippen molar-refractivity contribution in [2.45, 2.75) is 19.8 Å². The summed E-state index contributed by atoms with van der Waals surface area (Å²) < 4.78 is 28.3. The molecule has 0 aliphatic rings. The van der Waals surface area contributed by atoms with Crippen molar-refractivity contribution in [1.29, 1.82) is 0 Å². The van der Waals surface area contributed by atoms with E-state index in [-0.39, 0.29) is 0 Å². The van der Waals surface area contributed by atoms with E-state index in [0.717, 1.165) is 12.5 Å². The summed E-state index contributed by atoms with van der Waals surface area (Å²) in [6.45, 7) is 1.83. The Kier molecular flexibility index (Phi) is 3.38. The second kappa shape index (κ2) is 3.58. The molecular weight excluding hydrogens is 156 g/mol. The van der Waals surface area contributed by atoms with Gasteiger partial charge in [-0.1, -0.05) is 13.3 Å². The molecular formula is C5H10O4S. The lowest BCUT2D eigenvalue weighted by molar-refractivity contribution is 0.404. The topological polar surface area (TPSA) is 74.6 Å². The molecule has 0 atom stereocenters. The van der Waals surface area contributed by atoms with Crippen molar-refractivity contribution in [2.24, 2.45) is 0 Å². The first-order valence-electron chi connectivity index (χ1n) is 2.85. The summed E-state index contributed by atoms with van der Waals surface area (Å²) in [7, 11) is -4.36. The van der Waals surface area contributed by atoms with E-state index < -0.39 is 15.2 Å². The van der Waals surface area contributed by atoms with Crippen LogP contribution in [0.15, 0.2) is 11.2 Å². The Bertz CT molecular complexity index is 214. The Morgan fingerprint density at radius 2 is 2.10 bits per heavy atom. The van der Waals surface area contributed by atoms with Crippen molar-refractivity contribution >= 4 is 10.1 Å². The SMILES string of the molecule is CCC/C=C(/O)S(=O)(=O)O. The van der Waals surface area contributed by atoms with E-state index in [1.54, 1.807) is 0 Å². The lowest BCUT2D eigenvalue weighted by Gasteiger charge is -1.92. The molecule has 0 rings (SSSR count). The Hall–Kier alpha value is -0.550. The quantitative estimate of drug-likeness (QED) is 0.486. The molecule has 0 fully saturated rings. The van der Waals surface area contributed by atoms with Gasteiger partial charge in [-0.05, 0) is 12.5 Å². The average molecular weight is 166 g/mol. The molecule has 0 spiro atoms. The van der Waals surface area contributed by atoms with Crippen molar-refractivity contribution in [3.63, 3.8) is 0 Å². The van der Waals surface area contributed by atoms with Crippen molar-refractivity contribution in [3.05, 3.63) is 11.2 Å². The molecule has 0 amide bonds. The molecule has 5 heteroatoms. The second-order valence-electron chi connectivity index (χ2n) is 1.81. The predicted molar refractivity (Wildman–Crippen MR) is 37.2 cm³/mol. The van der Waals surface area contributed by atoms with Gasteiger partial charge < -0.3 is 5.11 Å². The number of rotatable bonds is 3. The maximum Gasteiger partial charge on any atom is 0.327 e. The van der Waals surface area contributed by atoms with Crippen LogP contribution in [0, 0.1) is 0 Å². The van der Waals surface area contributed by atoms with Crippen LogP contribution in [0.5, 0.6) is 0 Å². The highest BCUT2D eigenvalue weighted by Crippen LogP contribution is 2.01. The van der Waals surface area contributed by atoms with Crippen LogP contribution in [-0.2, 0) is 10.1 Å². The average Bonchev–Trinajstić information content (AvgIpc) is 1.80. The van der Waals surface area contributed by atoms with Crippen LogP contribution in [0.25, 0.3) is 0 Å². The number of aliphatic hydroxyl groups is 1. The van der Waals surface area contributed by atoms with Crippen molar-refractivity contribution in [2.75, 3.05) is 0 Å². The lowest BCUT2D eigenvalue weighted by Crippen LogP contribution is -2.00. The Labute approximate surface area is 59.9 Å². The van der Waals surface area contributed by atoms with Gasteiger partial charge in [-0.2, -0.15) is 8.42 Å². The second-order valence-corrected chi connectivity index (χ2v) is 3.17. The normalized spacial score (nSPS) is 13.6. The Morgan fingerprint density at radius 3 is 2.40 bits per heavy atom. The van der Waals surface area contributed by atoms with E-state index >= 15 is 0 Å². The number of hydrogen-bond donors (Lipinski definition) is 2. The van der Waals surface area contributed by atoms with Gasteiger partial charge in [0.2, 0.25) is 5.09 Å². The van der Waals surface area contributed by atoms with Crippen LogP contribution < -0.4 is 0 Å². The Morgan fingerprint density at radius 1 is 1.60 bits per heavy atom. The van der Waals surface area contributed by atoms with Gasteiger partial charge in [0.05, 0.1) is 0 Å². The fourth-order valence-electron chi connectivity index (χ4n) is 0.373. The van der Waals surface area contributed by atoms with Crippen LogP contribution >= 0.6 is 0 Å². The molecule has 4 nitrogen and oxygen atoms in total. The Balaban J connectivity index is 4.22. The summed E-state index contributed by atoms with van der Waals surface area (Å²) in [5.74, 6) is 0. The highest BCUT2D eigenvalue weighted by atomic mass is 32.2. The first-order valence-corrected chi connectivity index (χ1v) is 4.29. The fourth-order valence-corrected chi connectivity index (χ4v) is 0.702. The number of allylic oxidation sites excluding steroid dienone is 1. The molecule has 2 N–H and O–H groups in total. The molecule has 0 aromatic carbocycles. The van der Waals surface area contributed by atoms with Gasteiger partial charge in [0.15, 0.2) is 0 Å². The molecule has 0 aliphatic carbocycles. The van der Waals surface area contributed by atoms with Gasteiger partial charge in [0, 0.05) is 0 Å².